The largest absolute Gasteiger partial charge is 0.372 e. The summed E-state index contributed by atoms with van der Waals surface area (Å²) < 4.78 is 0. The summed E-state index contributed by atoms with van der Waals surface area (Å²) in [4.78, 5) is 15.1. The first kappa shape index (κ1) is 32.9. The van der Waals surface area contributed by atoms with Gasteiger partial charge in [0, 0.05) is 54.0 Å². The summed E-state index contributed by atoms with van der Waals surface area (Å²) in [5, 5.41) is 0. The summed E-state index contributed by atoms with van der Waals surface area (Å²) in [6.07, 6.45) is 9.17. The van der Waals surface area contributed by atoms with E-state index in [1.54, 1.807) is 0 Å². The summed E-state index contributed by atoms with van der Waals surface area (Å²) in [5.74, 6) is 0. The number of unbranched alkanes of at least 4 members (excludes halogenated alkanes) is 4. The number of hydrogen-bond donors (Lipinski definition) is 0. The summed E-state index contributed by atoms with van der Waals surface area (Å²) in [7, 11) is 0. The Balaban J connectivity index is 0.00000684. The zero-order chi connectivity index (χ0) is 26.2. The third kappa shape index (κ3) is 11.0. The van der Waals surface area contributed by atoms with Gasteiger partial charge in [-0.2, -0.15) is 0 Å². The van der Waals surface area contributed by atoms with Gasteiger partial charge in [0.05, 0.1) is 22.8 Å². The van der Waals surface area contributed by atoms with Crippen LogP contribution in [0.1, 0.15) is 92.9 Å². The standard InChI is InChI=1S/C32H50N4.Ni/c1-7-13-15-16-18-32(34-28-21-25-30(26-22-28)36(11-5)12-6)31(17-14-8-2)33-27-19-23-29(24-20-27)35(9-3)10-4;/h19-26H,7-18H2,1-6H3;/b33-31+,34-32+;. The smallest absolute Gasteiger partial charge is 0.0635 e. The van der Waals surface area contributed by atoms with Crippen molar-refractivity contribution in [2.45, 2.75) is 92.9 Å². The number of aliphatic imine (C=N–C) groups is 2. The molecule has 0 aliphatic heterocycles. The van der Waals surface area contributed by atoms with Gasteiger partial charge in [-0.25, -0.2) is 0 Å². The molecule has 0 saturated carbocycles. The van der Waals surface area contributed by atoms with Crippen LogP contribution in [0.5, 0.6) is 0 Å². The van der Waals surface area contributed by atoms with Crippen molar-refractivity contribution >= 4 is 34.2 Å². The molecule has 0 aromatic heterocycles. The molecular formula is C32H50N4Ni. The second-order valence-electron chi connectivity index (χ2n) is 9.41. The van der Waals surface area contributed by atoms with Crippen LogP contribution < -0.4 is 9.80 Å². The second kappa shape index (κ2) is 19.0. The van der Waals surface area contributed by atoms with Crippen LogP contribution in [0, 0.1) is 0 Å². The first-order valence-corrected chi connectivity index (χ1v) is 14.4. The van der Waals surface area contributed by atoms with E-state index >= 15 is 0 Å². The van der Waals surface area contributed by atoms with Crippen LogP contribution in [0.2, 0.25) is 0 Å². The van der Waals surface area contributed by atoms with E-state index in [2.05, 4.69) is 99.9 Å². The van der Waals surface area contributed by atoms with Gasteiger partial charge in [0.2, 0.25) is 0 Å². The van der Waals surface area contributed by atoms with Gasteiger partial charge in [0.1, 0.15) is 0 Å². The number of benzene rings is 2. The van der Waals surface area contributed by atoms with E-state index in [1.807, 2.05) is 0 Å². The molecule has 0 aliphatic rings. The average Bonchev–Trinajstić information content (AvgIpc) is 2.91. The molecule has 208 valence electrons. The minimum Gasteiger partial charge on any atom is -0.372 e. The third-order valence-corrected chi connectivity index (χ3v) is 6.85. The van der Waals surface area contributed by atoms with Crippen molar-refractivity contribution in [1.82, 2.24) is 0 Å². The molecule has 4 nitrogen and oxygen atoms in total. The van der Waals surface area contributed by atoms with Crippen LogP contribution >= 0.6 is 0 Å². The van der Waals surface area contributed by atoms with Crippen molar-refractivity contribution < 1.29 is 16.5 Å². The molecule has 2 aromatic rings. The van der Waals surface area contributed by atoms with Crippen molar-refractivity contribution in [2.75, 3.05) is 36.0 Å². The Labute approximate surface area is 237 Å². The topological polar surface area (TPSA) is 31.2 Å². The van der Waals surface area contributed by atoms with Gasteiger partial charge in [-0.05, 0) is 102 Å². The van der Waals surface area contributed by atoms with E-state index in [1.165, 1.54) is 30.6 Å². The van der Waals surface area contributed by atoms with E-state index in [9.17, 15) is 0 Å². The number of rotatable bonds is 17. The van der Waals surface area contributed by atoms with Crippen LogP contribution in [-0.4, -0.2) is 37.6 Å². The molecule has 0 radical (unpaired) electrons. The van der Waals surface area contributed by atoms with E-state index in [0.717, 1.165) is 81.1 Å². The van der Waals surface area contributed by atoms with Gasteiger partial charge < -0.3 is 9.80 Å². The maximum Gasteiger partial charge on any atom is 0.0635 e. The summed E-state index contributed by atoms with van der Waals surface area (Å²) in [5.41, 5.74) is 6.87. The molecule has 37 heavy (non-hydrogen) atoms. The second-order valence-corrected chi connectivity index (χ2v) is 9.41. The number of nitrogens with zero attached hydrogens (tertiary/aromatic N) is 4. The van der Waals surface area contributed by atoms with Crippen LogP contribution in [0.15, 0.2) is 58.5 Å². The van der Waals surface area contributed by atoms with Crippen LogP contribution in [0.3, 0.4) is 0 Å². The van der Waals surface area contributed by atoms with E-state index in [0.29, 0.717) is 0 Å². The Hall–Kier alpha value is -2.13. The van der Waals surface area contributed by atoms with Crippen molar-refractivity contribution in [3.8, 4) is 0 Å². The molecule has 0 fully saturated rings. The summed E-state index contributed by atoms with van der Waals surface area (Å²) in [6, 6.07) is 17.5. The molecule has 0 atom stereocenters. The molecule has 0 heterocycles. The maximum atomic E-state index is 5.19. The first-order valence-electron chi connectivity index (χ1n) is 14.4. The maximum absolute atomic E-state index is 5.19. The fourth-order valence-electron chi connectivity index (χ4n) is 4.56. The van der Waals surface area contributed by atoms with Crippen molar-refractivity contribution in [1.29, 1.82) is 0 Å². The zero-order valence-corrected chi connectivity index (χ0v) is 25.2. The third-order valence-electron chi connectivity index (χ3n) is 6.85. The Kier molecular flexibility index (Phi) is 16.9. The fraction of sp³-hybridized carbons (Fsp3) is 0.562. The van der Waals surface area contributed by atoms with Gasteiger partial charge in [-0.3, -0.25) is 9.98 Å². The van der Waals surface area contributed by atoms with Crippen molar-refractivity contribution in [3.05, 3.63) is 48.5 Å². The van der Waals surface area contributed by atoms with Crippen molar-refractivity contribution in [3.63, 3.8) is 0 Å². The van der Waals surface area contributed by atoms with Crippen LogP contribution in [0.4, 0.5) is 22.7 Å². The zero-order valence-electron chi connectivity index (χ0n) is 24.2. The van der Waals surface area contributed by atoms with E-state index < -0.39 is 0 Å². The van der Waals surface area contributed by atoms with Crippen LogP contribution in [0.25, 0.3) is 0 Å². The van der Waals surface area contributed by atoms with Gasteiger partial charge in [-0.1, -0.05) is 39.5 Å². The molecule has 0 bridgehead atoms. The quantitative estimate of drug-likeness (QED) is 0.112. The van der Waals surface area contributed by atoms with E-state index in [4.69, 9.17) is 9.98 Å². The SMILES string of the molecule is CCCCCCC(=N\c1ccc(N(CC)CC)cc1)/C(CCCC)=N/c1ccc(N(CC)CC)cc1.[Ni]. The monoisotopic (exact) mass is 548 g/mol. The number of anilines is 2. The Bertz CT molecular complexity index is 911. The fourth-order valence-corrected chi connectivity index (χ4v) is 4.56. The summed E-state index contributed by atoms with van der Waals surface area (Å²) in [6.45, 7) is 17.4. The molecular weight excluding hydrogens is 499 g/mol. The van der Waals surface area contributed by atoms with E-state index in [-0.39, 0.29) is 16.5 Å². The predicted octanol–water partition coefficient (Wildman–Crippen LogP) is 9.38. The molecule has 0 aliphatic carbocycles. The van der Waals surface area contributed by atoms with Crippen LogP contribution in [-0.2, 0) is 16.5 Å². The predicted molar refractivity (Wildman–Crippen MR) is 162 cm³/mol. The van der Waals surface area contributed by atoms with Gasteiger partial charge in [0.25, 0.3) is 0 Å². The minimum absolute atomic E-state index is 0. The van der Waals surface area contributed by atoms with Gasteiger partial charge in [0.15, 0.2) is 0 Å². The molecule has 0 spiro atoms. The Morgan fingerprint density at radius 3 is 1.24 bits per heavy atom. The minimum atomic E-state index is 0. The number of hydrogen-bond acceptors (Lipinski definition) is 4. The van der Waals surface area contributed by atoms with Gasteiger partial charge >= 0.3 is 0 Å². The Morgan fingerprint density at radius 1 is 0.514 bits per heavy atom. The normalized spacial score (nSPS) is 11.8. The Morgan fingerprint density at radius 2 is 0.892 bits per heavy atom. The molecule has 5 heteroatoms. The molecule has 0 unspecified atom stereocenters. The molecule has 0 amide bonds. The van der Waals surface area contributed by atoms with Crippen molar-refractivity contribution in [2.24, 2.45) is 9.98 Å². The molecule has 0 saturated heterocycles. The average molecular weight is 549 g/mol. The molecule has 0 N–H and O–H groups in total. The molecule has 2 aromatic carbocycles. The first-order chi connectivity index (χ1) is 17.6. The molecule has 2 rings (SSSR count). The summed E-state index contributed by atoms with van der Waals surface area (Å²) >= 11 is 0. The van der Waals surface area contributed by atoms with Gasteiger partial charge in [-0.15, -0.1) is 0 Å².